The Morgan fingerprint density at radius 2 is 2.17 bits per heavy atom. The van der Waals surface area contributed by atoms with Crippen LogP contribution in [0.2, 0.25) is 0 Å². The zero-order valence-corrected chi connectivity index (χ0v) is 13.1. The van der Waals surface area contributed by atoms with E-state index in [1.165, 1.54) is 18.3 Å². The van der Waals surface area contributed by atoms with Gasteiger partial charge in [-0.2, -0.15) is 0 Å². The first-order valence-electron chi connectivity index (χ1n) is 7.60. The molecule has 0 radical (unpaired) electrons. The Labute approximate surface area is 137 Å². The summed E-state index contributed by atoms with van der Waals surface area (Å²) in [6, 6.07) is 7.61. The molecule has 0 aliphatic rings. The molecule has 0 aliphatic heterocycles. The number of hydrogen-bond donors (Lipinski definition) is 1. The van der Waals surface area contributed by atoms with Crippen LogP contribution in [0.25, 0.3) is 10.9 Å². The lowest BCUT2D eigenvalue weighted by Gasteiger charge is -2.12. The Morgan fingerprint density at radius 1 is 1.33 bits per heavy atom. The van der Waals surface area contributed by atoms with E-state index in [1.54, 1.807) is 29.1 Å². The van der Waals surface area contributed by atoms with E-state index < -0.39 is 17.2 Å². The zero-order chi connectivity index (χ0) is 17.1. The van der Waals surface area contributed by atoms with E-state index in [2.05, 4.69) is 10.3 Å². The number of nitrogens with zero attached hydrogens (tertiary/aromatic N) is 2. The van der Waals surface area contributed by atoms with Gasteiger partial charge in [0.05, 0.1) is 5.52 Å². The van der Waals surface area contributed by atoms with Crippen molar-refractivity contribution in [3.05, 3.63) is 76.1 Å². The zero-order valence-electron chi connectivity index (χ0n) is 13.1. The molecule has 1 aromatic carbocycles. The van der Waals surface area contributed by atoms with E-state index in [9.17, 15) is 14.0 Å². The van der Waals surface area contributed by atoms with Gasteiger partial charge >= 0.3 is 0 Å². The van der Waals surface area contributed by atoms with Gasteiger partial charge in [-0.1, -0.05) is 6.07 Å². The van der Waals surface area contributed by atoms with Gasteiger partial charge in [-0.25, -0.2) is 4.39 Å². The molecule has 0 atom stereocenters. The second kappa shape index (κ2) is 6.62. The Bertz CT molecular complexity index is 952. The summed E-state index contributed by atoms with van der Waals surface area (Å²) in [5.74, 6) is -0.993. The quantitative estimate of drug-likeness (QED) is 0.801. The molecule has 0 bridgehead atoms. The maximum absolute atomic E-state index is 13.5. The van der Waals surface area contributed by atoms with Crippen molar-refractivity contribution in [3.8, 4) is 0 Å². The third-order valence-corrected chi connectivity index (χ3v) is 3.80. The summed E-state index contributed by atoms with van der Waals surface area (Å²) in [5, 5.41) is 2.90. The molecule has 0 saturated heterocycles. The molecule has 3 rings (SSSR count). The average Bonchev–Trinajstić information content (AvgIpc) is 2.61. The van der Waals surface area contributed by atoms with Crippen LogP contribution in [0.3, 0.4) is 0 Å². The maximum Gasteiger partial charge on any atom is 0.257 e. The molecule has 1 N–H and O–H groups in total. The largest absolute Gasteiger partial charge is 0.348 e. The van der Waals surface area contributed by atoms with Crippen molar-refractivity contribution in [2.75, 3.05) is 0 Å². The van der Waals surface area contributed by atoms with Crippen molar-refractivity contribution in [2.24, 2.45) is 0 Å². The topological polar surface area (TPSA) is 64.0 Å². The van der Waals surface area contributed by atoms with Crippen LogP contribution in [-0.4, -0.2) is 15.5 Å². The fraction of sp³-hybridized carbons (Fsp3) is 0.167. The van der Waals surface area contributed by atoms with Gasteiger partial charge in [-0.15, -0.1) is 0 Å². The van der Waals surface area contributed by atoms with Gasteiger partial charge in [0.15, 0.2) is 0 Å². The molecule has 0 fully saturated rings. The molecule has 6 heteroatoms. The van der Waals surface area contributed by atoms with Crippen molar-refractivity contribution in [1.29, 1.82) is 0 Å². The number of carbonyl (C=O) groups excluding carboxylic acids is 1. The summed E-state index contributed by atoms with van der Waals surface area (Å²) in [7, 11) is 0. The molecule has 0 aliphatic carbocycles. The fourth-order valence-corrected chi connectivity index (χ4v) is 2.57. The second-order valence-corrected chi connectivity index (χ2v) is 5.36. The van der Waals surface area contributed by atoms with E-state index in [4.69, 9.17) is 0 Å². The molecular weight excluding hydrogens is 309 g/mol. The highest BCUT2D eigenvalue weighted by molar-refractivity contribution is 5.97. The van der Waals surface area contributed by atoms with Crippen molar-refractivity contribution in [3.63, 3.8) is 0 Å². The molecule has 3 aromatic rings. The highest BCUT2D eigenvalue weighted by Crippen LogP contribution is 2.14. The minimum absolute atomic E-state index is 0.00107. The molecule has 2 aromatic heterocycles. The molecule has 24 heavy (non-hydrogen) atoms. The van der Waals surface area contributed by atoms with Crippen LogP contribution in [0.5, 0.6) is 0 Å². The lowest BCUT2D eigenvalue weighted by molar-refractivity contribution is 0.0949. The monoisotopic (exact) mass is 325 g/mol. The summed E-state index contributed by atoms with van der Waals surface area (Å²) in [6.45, 7) is 2.72. The van der Waals surface area contributed by atoms with E-state index in [1.807, 2.05) is 13.0 Å². The van der Waals surface area contributed by atoms with Crippen LogP contribution in [0, 0.1) is 5.82 Å². The normalized spacial score (nSPS) is 10.8. The van der Waals surface area contributed by atoms with E-state index in [0.29, 0.717) is 12.1 Å². The summed E-state index contributed by atoms with van der Waals surface area (Å²) in [4.78, 5) is 28.9. The van der Waals surface area contributed by atoms with Crippen molar-refractivity contribution in [1.82, 2.24) is 14.9 Å². The molecule has 0 saturated carbocycles. The second-order valence-electron chi connectivity index (χ2n) is 5.36. The molecular formula is C18H16FN3O2. The van der Waals surface area contributed by atoms with Crippen LogP contribution >= 0.6 is 0 Å². The summed E-state index contributed by atoms with van der Waals surface area (Å²) in [5.41, 5.74) is 0.956. The average molecular weight is 325 g/mol. The first-order valence-corrected chi connectivity index (χ1v) is 7.60. The van der Waals surface area contributed by atoms with Crippen LogP contribution in [0.1, 0.15) is 22.8 Å². The Hall–Kier alpha value is -3.02. The number of fused-ring (bicyclic) bond motifs is 1. The fourth-order valence-electron chi connectivity index (χ4n) is 2.57. The number of aryl methyl sites for hydroxylation is 1. The number of hydrogen-bond acceptors (Lipinski definition) is 3. The number of pyridine rings is 2. The van der Waals surface area contributed by atoms with Crippen LogP contribution in [0.15, 0.2) is 53.7 Å². The molecule has 1 amide bonds. The third-order valence-electron chi connectivity index (χ3n) is 3.80. The summed E-state index contributed by atoms with van der Waals surface area (Å²) in [6.07, 6.45) is 4.80. The van der Waals surface area contributed by atoms with Crippen LogP contribution in [0.4, 0.5) is 4.39 Å². The van der Waals surface area contributed by atoms with Gasteiger partial charge in [0, 0.05) is 37.1 Å². The number of amides is 1. The Morgan fingerprint density at radius 3 is 2.88 bits per heavy atom. The van der Waals surface area contributed by atoms with Crippen molar-refractivity contribution in [2.45, 2.75) is 20.0 Å². The highest BCUT2D eigenvalue weighted by atomic mass is 19.1. The maximum atomic E-state index is 13.5. The predicted octanol–water partition coefficient (Wildman–Crippen LogP) is 2.49. The standard InChI is InChI=1S/C18H16FN3O2/c1-2-22-11-15(17(23)14-8-13(19)5-6-16(14)22)18(24)21-10-12-4-3-7-20-9-12/h3-9,11H,2,10H2,1H3,(H,21,24). The van der Waals surface area contributed by atoms with Gasteiger partial charge in [-0.05, 0) is 36.8 Å². The molecule has 5 nitrogen and oxygen atoms in total. The number of benzene rings is 1. The van der Waals surface area contributed by atoms with E-state index in [0.717, 1.165) is 5.56 Å². The van der Waals surface area contributed by atoms with Gasteiger partial charge in [-0.3, -0.25) is 14.6 Å². The molecule has 122 valence electrons. The minimum atomic E-state index is -0.504. The number of aromatic nitrogens is 2. The van der Waals surface area contributed by atoms with Gasteiger partial charge in [0.1, 0.15) is 11.4 Å². The summed E-state index contributed by atoms with van der Waals surface area (Å²) < 4.78 is 15.3. The number of rotatable bonds is 4. The molecule has 0 spiro atoms. The van der Waals surface area contributed by atoms with Gasteiger partial charge < -0.3 is 9.88 Å². The Kier molecular flexibility index (Phi) is 4.37. The predicted molar refractivity (Wildman–Crippen MR) is 89.2 cm³/mol. The highest BCUT2D eigenvalue weighted by Gasteiger charge is 2.15. The lowest BCUT2D eigenvalue weighted by atomic mass is 10.1. The minimum Gasteiger partial charge on any atom is -0.348 e. The molecule has 2 heterocycles. The number of carbonyl (C=O) groups is 1. The lowest BCUT2D eigenvalue weighted by Crippen LogP contribution is -2.29. The summed E-state index contributed by atoms with van der Waals surface area (Å²) >= 11 is 0. The van der Waals surface area contributed by atoms with Gasteiger partial charge in [0.2, 0.25) is 5.43 Å². The van der Waals surface area contributed by atoms with Gasteiger partial charge in [0.25, 0.3) is 5.91 Å². The van der Waals surface area contributed by atoms with Crippen LogP contribution in [-0.2, 0) is 13.1 Å². The van der Waals surface area contributed by atoms with Crippen molar-refractivity contribution < 1.29 is 9.18 Å². The van der Waals surface area contributed by atoms with Crippen molar-refractivity contribution >= 4 is 16.8 Å². The molecule has 0 unspecified atom stereocenters. The first kappa shape index (κ1) is 15.9. The first-order chi connectivity index (χ1) is 11.6. The number of nitrogens with one attached hydrogen (secondary N) is 1. The van der Waals surface area contributed by atoms with Crippen LogP contribution < -0.4 is 10.7 Å². The third kappa shape index (κ3) is 3.03. The smallest absolute Gasteiger partial charge is 0.257 e. The number of halogens is 1. The Balaban J connectivity index is 1.98. The van der Waals surface area contributed by atoms with E-state index in [-0.39, 0.29) is 17.5 Å². The van der Waals surface area contributed by atoms with E-state index >= 15 is 0 Å². The SMILES string of the molecule is CCn1cc(C(=O)NCc2cccnc2)c(=O)c2cc(F)ccc21.